The first-order valence-electron chi connectivity index (χ1n) is 8.14. The fourth-order valence-electron chi connectivity index (χ4n) is 2.71. The minimum absolute atomic E-state index is 0.217. The van der Waals surface area contributed by atoms with Crippen molar-refractivity contribution in [2.45, 2.75) is 0 Å². The number of aromatic nitrogens is 2. The minimum atomic E-state index is -0.295. The molecule has 4 aromatic rings. The summed E-state index contributed by atoms with van der Waals surface area (Å²) in [6.45, 7) is 0. The van der Waals surface area contributed by atoms with Gasteiger partial charge in [0.2, 0.25) is 0 Å². The monoisotopic (exact) mass is 423 g/mol. The lowest BCUT2D eigenvalue weighted by Gasteiger charge is -2.10. The average Bonchev–Trinajstić information content (AvgIpc) is 3.03. The fraction of sp³-hybridized carbons (Fsp3) is 0. The van der Waals surface area contributed by atoms with Gasteiger partial charge < -0.3 is 20.0 Å². The number of carbonyl (C=O) groups excluding carboxylic acids is 1. The van der Waals surface area contributed by atoms with Crippen LogP contribution in [-0.4, -0.2) is 15.9 Å². The number of aromatic amines is 2. The molecule has 3 aromatic carbocycles. The Morgan fingerprint density at radius 3 is 2.63 bits per heavy atom. The smallest absolute Gasteiger partial charge is 0.323 e. The molecule has 0 saturated heterocycles. The predicted octanol–water partition coefficient (Wildman–Crippen LogP) is 4.66. The molecule has 134 valence electrons. The zero-order chi connectivity index (χ0) is 18.8. The second kappa shape index (κ2) is 7.13. The van der Waals surface area contributed by atoms with E-state index in [0.717, 1.165) is 4.47 Å². The third-order valence-corrected chi connectivity index (χ3v) is 4.41. The van der Waals surface area contributed by atoms with E-state index >= 15 is 0 Å². The maximum absolute atomic E-state index is 12.4. The van der Waals surface area contributed by atoms with E-state index in [1.165, 1.54) is 0 Å². The van der Waals surface area contributed by atoms with Crippen LogP contribution in [0.1, 0.15) is 10.4 Å². The van der Waals surface area contributed by atoms with E-state index < -0.39 is 0 Å². The lowest BCUT2D eigenvalue weighted by Crippen LogP contribution is -2.11. The molecule has 1 heterocycles. The Balaban J connectivity index is 1.57. The van der Waals surface area contributed by atoms with Gasteiger partial charge in [-0.2, -0.15) is 0 Å². The number of ether oxygens (including phenoxy) is 1. The van der Waals surface area contributed by atoms with Crippen molar-refractivity contribution in [3.8, 4) is 11.5 Å². The third-order valence-electron chi connectivity index (χ3n) is 3.92. The summed E-state index contributed by atoms with van der Waals surface area (Å²) in [6, 6.07) is 19.6. The van der Waals surface area contributed by atoms with Crippen LogP contribution in [0.15, 0.2) is 76.0 Å². The van der Waals surface area contributed by atoms with Crippen molar-refractivity contribution in [1.29, 1.82) is 0 Å². The Morgan fingerprint density at radius 2 is 1.78 bits per heavy atom. The molecule has 0 aliphatic rings. The van der Waals surface area contributed by atoms with Gasteiger partial charge in [-0.15, -0.1) is 0 Å². The van der Waals surface area contributed by atoms with E-state index in [1.54, 1.807) is 60.7 Å². The van der Waals surface area contributed by atoms with Crippen LogP contribution in [0, 0.1) is 0 Å². The molecule has 7 heteroatoms. The van der Waals surface area contributed by atoms with Crippen LogP contribution in [-0.2, 0) is 0 Å². The lowest BCUT2D eigenvalue weighted by atomic mass is 10.2. The SMILES string of the molecule is O=C(Nc1cccc(Oc2cccc3[nH]c(=O)[nH]c23)c1)c1cccc(Br)c1. The molecule has 27 heavy (non-hydrogen) atoms. The van der Waals surface area contributed by atoms with Crippen molar-refractivity contribution >= 4 is 38.6 Å². The van der Waals surface area contributed by atoms with E-state index in [2.05, 4.69) is 31.2 Å². The van der Waals surface area contributed by atoms with Crippen molar-refractivity contribution in [3.05, 3.63) is 87.3 Å². The molecule has 0 fully saturated rings. The number of fused-ring (bicyclic) bond motifs is 1. The molecule has 0 bridgehead atoms. The van der Waals surface area contributed by atoms with Gasteiger partial charge in [0.05, 0.1) is 5.52 Å². The molecule has 0 radical (unpaired) electrons. The summed E-state index contributed by atoms with van der Waals surface area (Å²) in [7, 11) is 0. The van der Waals surface area contributed by atoms with Crippen molar-refractivity contribution in [2.75, 3.05) is 5.32 Å². The third kappa shape index (κ3) is 3.78. The number of H-pyrrole nitrogens is 2. The topological polar surface area (TPSA) is 87.0 Å². The van der Waals surface area contributed by atoms with Crippen LogP contribution in [0.3, 0.4) is 0 Å². The van der Waals surface area contributed by atoms with Crippen molar-refractivity contribution in [1.82, 2.24) is 9.97 Å². The summed E-state index contributed by atoms with van der Waals surface area (Å²) < 4.78 is 6.74. The average molecular weight is 424 g/mol. The van der Waals surface area contributed by atoms with Gasteiger partial charge in [-0.05, 0) is 42.5 Å². The molecule has 6 nitrogen and oxygen atoms in total. The summed E-state index contributed by atoms with van der Waals surface area (Å²) in [4.78, 5) is 29.3. The predicted molar refractivity (Wildman–Crippen MR) is 108 cm³/mol. The fourth-order valence-corrected chi connectivity index (χ4v) is 3.11. The van der Waals surface area contributed by atoms with Gasteiger partial charge >= 0.3 is 5.69 Å². The first-order chi connectivity index (χ1) is 13.1. The van der Waals surface area contributed by atoms with Gasteiger partial charge in [0.1, 0.15) is 11.3 Å². The first kappa shape index (κ1) is 17.1. The Labute approximate surface area is 162 Å². The maximum atomic E-state index is 12.4. The molecule has 0 atom stereocenters. The van der Waals surface area contributed by atoms with Crippen LogP contribution in [0.25, 0.3) is 11.0 Å². The number of benzene rings is 3. The van der Waals surface area contributed by atoms with Crippen LogP contribution < -0.4 is 15.7 Å². The summed E-state index contributed by atoms with van der Waals surface area (Å²) in [6.07, 6.45) is 0. The number of para-hydroxylation sites is 1. The Morgan fingerprint density at radius 1 is 0.963 bits per heavy atom. The number of anilines is 1. The second-order valence-electron chi connectivity index (χ2n) is 5.85. The number of nitrogens with one attached hydrogen (secondary N) is 3. The molecule has 0 saturated carbocycles. The minimum Gasteiger partial charge on any atom is -0.455 e. The molecule has 1 amide bonds. The highest BCUT2D eigenvalue weighted by atomic mass is 79.9. The highest BCUT2D eigenvalue weighted by Gasteiger charge is 2.09. The maximum Gasteiger partial charge on any atom is 0.323 e. The number of imidazole rings is 1. The highest BCUT2D eigenvalue weighted by molar-refractivity contribution is 9.10. The molecular formula is C20H14BrN3O3. The zero-order valence-electron chi connectivity index (χ0n) is 14.0. The largest absolute Gasteiger partial charge is 0.455 e. The van der Waals surface area contributed by atoms with Gasteiger partial charge in [-0.1, -0.05) is 34.1 Å². The van der Waals surface area contributed by atoms with E-state index in [0.29, 0.717) is 33.8 Å². The highest BCUT2D eigenvalue weighted by Crippen LogP contribution is 2.28. The van der Waals surface area contributed by atoms with Crippen molar-refractivity contribution in [2.24, 2.45) is 0 Å². The summed E-state index contributed by atoms with van der Waals surface area (Å²) >= 11 is 3.36. The van der Waals surface area contributed by atoms with E-state index in [1.807, 2.05) is 6.07 Å². The number of carbonyl (C=O) groups is 1. The quantitative estimate of drug-likeness (QED) is 0.445. The Bertz CT molecular complexity index is 1200. The molecule has 0 unspecified atom stereocenters. The first-order valence-corrected chi connectivity index (χ1v) is 8.94. The van der Waals surface area contributed by atoms with Crippen LogP contribution in [0.4, 0.5) is 5.69 Å². The summed E-state index contributed by atoms with van der Waals surface area (Å²) in [5, 5.41) is 2.85. The normalized spacial score (nSPS) is 10.7. The molecule has 3 N–H and O–H groups in total. The molecular weight excluding hydrogens is 410 g/mol. The standard InChI is InChI=1S/C20H14BrN3O3/c21-13-5-1-4-12(10-13)19(25)22-14-6-2-7-15(11-14)27-17-9-3-8-16-18(17)24-20(26)23-16/h1-11H,(H,22,25)(H2,23,24,26). The Hall–Kier alpha value is -3.32. The van der Waals surface area contributed by atoms with E-state index in [4.69, 9.17) is 4.74 Å². The number of rotatable bonds is 4. The molecule has 0 spiro atoms. The van der Waals surface area contributed by atoms with Gasteiger partial charge in [-0.25, -0.2) is 4.79 Å². The number of halogens is 1. The van der Waals surface area contributed by atoms with Crippen LogP contribution >= 0.6 is 15.9 Å². The Kier molecular flexibility index (Phi) is 4.52. The van der Waals surface area contributed by atoms with Gasteiger partial charge in [0.25, 0.3) is 5.91 Å². The van der Waals surface area contributed by atoms with Gasteiger partial charge in [-0.3, -0.25) is 4.79 Å². The number of amides is 1. The van der Waals surface area contributed by atoms with E-state index in [9.17, 15) is 9.59 Å². The van der Waals surface area contributed by atoms with Crippen molar-refractivity contribution in [3.63, 3.8) is 0 Å². The summed E-state index contributed by atoms with van der Waals surface area (Å²) in [5.74, 6) is 0.837. The molecule has 0 aliphatic carbocycles. The lowest BCUT2D eigenvalue weighted by molar-refractivity contribution is 0.102. The van der Waals surface area contributed by atoms with Crippen molar-refractivity contribution < 1.29 is 9.53 Å². The van der Waals surface area contributed by atoms with Gasteiger partial charge in [0.15, 0.2) is 5.75 Å². The number of hydrogen-bond donors (Lipinski definition) is 3. The molecule has 1 aromatic heterocycles. The second-order valence-corrected chi connectivity index (χ2v) is 6.77. The molecule has 0 aliphatic heterocycles. The van der Waals surface area contributed by atoms with Crippen LogP contribution in [0.5, 0.6) is 11.5 Å². The van der Waals surface area contributed by atoms with Crippen LogP contribution in [0.2, 0.25) is 0 Å². The van der Waals surface area contributed by atoms with Gasteiger partial charge in [0, 0.05) is 21.8 Å². The number of hydrogen-bond acceptors (Lipinski definition) is 3. The summed E-state index contributed by atoms with van der Waals surface area (Å²) in [5.41, 5.74) is 2.11. The zero-order valence-corrected chi connectivity index (χ0v) is 15.5. The molecule has 4 rings (SSSR count). The van der Waals surface area contributed by atoms with E-state index in [-0.39, 0.29) is 11.6 Å².